The number of benzene rings is 1. The van der Waals surface area contributed by atoms with Crippen LogP contribution in [0.15, 0.2) is 17.0 Å². The second-order valence-corrected chi connectivity index (χ2v) is 4.25. The molecule has 0 radical (unpaired) electrons. The van der Waals surface area contributed by atoms with E-state index in [1.807, 2.05) is 0 Å². The van der Waals surface area contributed by atoms with Gasteiger partial charge in [-0.05, 0) is 30.8 Å². The summed E-state index contributed by atoms with van der Waals surface area (Å²) in [5.74, 6) is -2.40. The molecule has 0 aliphatic heterocycles. The van der Waals surface area contributed by atoms with Crippen molar-refractivity contribution in [3.8, 4) is 6.07 Å². The Balaban J connectivity index is 3.42. The van der Waals surface area contributed by atoms with Crippen LogP contribution in [0, 0.1) is 17.1 Å². The van der Waals surface area contributed by atoms with Gasteiger partial charge in [0.2, 0.25) is 0 Å². The molecular weight excluding hydrogens is 286 g/mol. The Labute approximate surface area is 110 Å². The molecule has 1 aromatic carbocycles. The molecule has 0 spiro atoms. The summed E-state index contributed by atoms with van der Waals surface area (Å²) in [6, 6.07) is 3.12. The van der Waals surface area contributed by atoms with E-state index >= 15 is 0 Å². The molecule has 102 valence electrons. The van der Waals surface area contributed by atoms with E-state index in [4.69, 9.17) is 5.26 Å². The first kappa shape index (κ1) is 15.3. The molecule has 0 unspecified atom stereocenters. The van der Waals surface area contributed by atoms with E-state index in [9.17, 15) is 22.4 Å². The molecule has 0 aliphatic carbocycles. The number of nitrogens with zero attached hydrogens (tertiary/aromatic N) is 1. The molecule has 0 N–H and O–H groups in total. The predicted molar refractivity (Wildman–Crippen MR) is 59.0 cm³/mol. The molecule has 0 fully saturated rings. The summed E-state index contributed by atoms with van der Waals surface area (Å²) in [5.41, 5.74) is -6.06. The maximum absolute atomic E-state index is 13.5. The van der Waals surface area contributed by atoms with Gasteiger partial charge in [0.25, 0.3) is 0 Å². The van der Waals surface area contributed by atoms with Gasteiger partial charge in [-0.1, -0.05) is 0 Å². The highest BCUT2D eigenvalue weighted by Crippen LogP contribution is 2.41. The summed E-state index contributed by atoms with van der Waals surface area (Å²) < 4.78 is 55.2. The summed E-state index contributed by atoms with van der Waals surface area (Å²) in [4.78, 5) is 10.7. The molecule has 0 aromatic heterocycles. The summed E-state index contributed by atoms with van der Waals surface area (Å²) >= 11 is -0.716. The average Bonchev–Trinajstić information content (AvgIpc) is 2.27. The number of nitriles is 1. The van der Waals surface area contributed by atoms with Crippen LogP contribution in [0.3, 0.4) is 0 Å². The van der Waals surface area contributed by atoms with Crippen molar-refractivity contribution in [3.05, 3.63) is 29.1 Å². The van der Waals surface area contributed by atoms with Gasteiger partial charge in [-0.3, -0.25) is 0 Å². The Morgan fingerprint density at radius 3 is 2.58 bits per heavy atom. The molecule has 3 nitrogen and oxygen atoms in total. The summed E-state index contributed by atoms with van der Waals surface area (Å²) in [6.07, 6.45) is 0. The van der Waals surface area contributed by atoms with Gasteiger partial charge in [-0.2, -0.15) is 18.4 Å². The molecule has 0 amide bonds. The quantitative estimate of drug-likeness (QED) is 0.486. The van der Waals surface area contributed by atoms with Crippen molar-refractivity contribution in [1.82, 2.24) is 0 Å². The minimum absolute atomic E-state index is 0.120. The second kappa shape index (κ2) is 5.93. The fraction of sp³-hybridized carbons (Fsp3) is 0.273. The lowest BCUT2D eigenvalue weighted by Crippen LogP contribution is -2.12. The Morgan fingerprint density at radius 2 is 2.11 bits per heavy atom. The van der Waals surface area contributed by atoms with E-state index in [-0.39, 0.29) is 6.61 Å². The van der Waals surface area contributed by atoms with E-state index in [0.29, 0.717) is 0 Å². The van der Waals surface area contributed by atoms with Crippen LogP contribution in [0.1, 0.15) is 22.8 Å². The van der Waals surface area contributed by atoms with Crippen LogP contribution in [0.25, 0.3) is 0 Å². The third-order valence-corrected chi connectivity index (χ3v) is 2.78. The topological polar surface area (TPSA) is 50.1 Å². The Kier molecular flexibility index (Phi) is 4.78. The normalized spacial score (nSPS) is 10.9. The highest BCUT2D eigenvalue weighted by atomic mass is 32.2. The number of ether oxygens (including phenoxy) is 1. The molecule has 0 aliphatic rings. The number of carbonyl (C=O) groups is 1. The van der Waals surface area contributed by atoms with Crippen molar-refractivity contribution in [1.29, 1.82) is 5.26 Å². The standard InChI is InChI=1S/C11H7F4NO2S/c1-2-18-10(17)8-7(12)4-3-6(5-16)9(8)19-11(13,14)15/h3-4H,2H2,1H3. The van der Waals surface area contributed by atoms with E-state index in [1.54, 1.807) is 0 Å². The highest BCUT2D eigenvalue weighted by Gasteiger charge is 2.34. The third kappa shape index (κ3) is 3.86. The van der Waals surface area contributed by atoms with Gasteiger partial charge in [0.05, 0.1) is 17.1 Å². The molecular formula is C11H7F4NO2S. The van der Waals surface area contributed by atoms with Crippen molar-refractivity contribution in [2.45, 2.75) is 17.3 Å². The van der Waals surface area contributed by atoms with Crippen LogP contribution in [0.4, 0.5) is 17.6 Å². The minimum atomic E-state index is -4.75. The molecule has 0 saturated heterocycles. The van der Waals surface area contributed by atoms with E-state index < -0.39 is 45.1 Å². The molecule has 0 saturated carbocycles. The highest BCUT2D eigenvalue weighted by molar-refractivity contribution is 8.00. The van der Waals surface area contributed by atoms with Crippen molar-refractivity contribution in [2.75, 3.05) is 6.61 Å². The largest absolute Gasteiger partial charge is 0.462 e. The first-order valence-electron chi connectivity index (χ1n) is 4.95. The smallest absolute Gasteiger partial charge is 0.446 e. The zero-order valence-electron chi connectivity index (χ0n) is 9.55. The maximum atomic E-state index is 13.5. The zero-order valence-corrected chi connectivity index (χ0v) is 10.4. The van der Waals surface area contributed by atoms with Crippen LogP contribution in [-0.4, -0.2) is 18.1 Å². The van der Waals surface area contributed by atoms with Gasteiger partial charge >= 0.3 is 11.5 Å². The molecule has 1 rings (SSSR count). The van der Waals surface area contributed by atoms with E-state index in [2.05, 4.69) is 4.74 Å². The third-order valence-electron chi connectivity index (χ3n) is 1.92. The molecule has 0 atom stereocenters. The van der Waals surface area contributed by atoms with Crippen molar-refractivity contribution in [3.63, 3.8) is 0 Å². The Hall–Kier alpha value is -1.75. The number of hydrogen-bond acceptors (Lipinski definition) is 4. The second-order valence-electron chi connectivity index (χ2n) is 3.18. The van der Waals surface area contributed by atoms with Gasteiger partial charge in [-0.25, -0.2) is 9.18 Å². The fourth-order valence-electron chi connectivity index (χ4n) is 1.26. The number of hydrogen-bond donors (Lipinski definition) is 0. The van der Waals surface area contributed by atoms with Crippen molar-refractivity contribution < 1.29 is 27.1 Å². The van der Waals surface area contributed by atoms with Crippen molar-refractivity contribution >= 4 is 17.7 Å². The first-order valence-corrected chi connectivity index (χ1v) is 5.77. The number of rotatable bonds is 3. The molecule has 8 heteroatoms. The van der Waals surface area contributed by atoms with Crippen LogP contribution >= 0.6 is 11.8 Å². The SMILES string of the molecule is CCOC(=O)c1c(F)ccc(C#N)c1SC(F)(F)F. The summed E-state index contributed by atoms with van der Waals surface area (Å²) in [7, 11) is 0. The van der Waals surface area contributed by atoms with Gasteiger partial charge in [0.15, 0.2) is 0 Å². The van der Waals surface area contributed by atoms with Crippen LogP contribution in [0.2, 0.25) is 0 Å². The Bertz CT molecular complexity index is 537. The molecule has 0 bridgehead atoms. The minimum Gasteiger partial charge on any atom is -0.462 e. The maximum Gasteiger partial charge on any atom is 0.446 e. The van der Waals surface area contributed by atoms with Crippen molar-refractivity contribution in [2.24, 2.45) is 0 Å². The fourth-order valence-corrected chi connectivity index (χ4v) is 2.00. The first-order chi connectivity index (χ1) is 8.80. The van der Waals surface area contributed by atoms with Gasteiger partial charge in [-0.15, -0.1) is 0 Å². The molecule has 19 heavy (non-hydrogen) atoms. The van der Waals surface area contributed by atoms with E-state index in [0.717, 1.165) is 12.1 Å². The lowest BCUT2D eigenvalue weighted by atomic mass is 10.1. The zero-order chi connectivity index (χ0) is 14.6. The van der Waals surface area contributed by atoms with Crippen LogP contribution in [0.5, 0.6) is 0 Å². The lowest BCUT2D eigenvalue weighted by molar-refractivity contribution is -0.0328. The van der Waals surface area contributed by atoms with E-state index in [1.165, 1.54) is 13.0 Å². The van der Waals surface area contributed by atoms with Gasteiger partial charge in [0, 0.05) is 0 Å². The van der Waals surface area contributed by atoms with Crippen LogP contribution < -0.4 is 0 Å². The monoisotopic (exact) mass is 293 g/mol. The summed E-state index contributed by atoms with van der Waals surface area (Å²) in [6.45, 7) is 1.31. The Morgan fingerprint density at radius 1 is 1.47 bits per heavy atom. The van der Waals surface area contributed by atoms with Gasteiger partial charge in [0.1, 0.15) is 17.4 Å². The molecule has 0 heterocycles. The predicted octanol–water partition coefficient (Wildman–Crippen LogP) is 3.49. The van der Waals surface area contributed by atoms with Gasteiger partial charge < -0.3 is 4.74 Å². The number of alkyl halides is 3. The van der Waals surface area contributed by atoms with Crippen LogP contribution in [-0.2, 0) is 4.74 Å². The number of carbonyl (C=O) groups excluding carboxylic acids is 1. The number of thioether (sulfide) groups is 1. The lowest BCUT2D eigenvalue weighted by Gasteiger charge is -2.12. The molecule has 1 aromatic rings. The average molecular weight is 293 g/mol. The summed E-state index contributed by atoms with van der Waals surface area (Å²) in [5, 5.41) is 8.74. The number of halogens is 4. The number of esters is 1.